The van der Waals surface area contributed by atoms with Gasteiger partial charge in [0.2, 0.25) is 5.91 Å². The van der Waals surface area contributed by atoms with E-state index in [0.29, 0.717) is 0 Å². The Bertz CT molecular complexity index is 434. The van der Waals surface area contributed by atoms with Gasteiger partial charge in [-0.3, -0.25) is 14.8 Å². The minimum absolute atomic E-state index is 0.00773. The third kappa shape index (κ3) is 2.96. The Morgan fingerprint density at radius 3 is 2.79 bits per heavy atom. The number of hydrogen-bond acceptors (Lipinski definition) is 4. The van der Waals surface area contributed by atoms with Crippen LogP contribution >= 0.6 is 0 Å². The minimum Gasteiger partial charge on any atom is -0.314 e. The number of carbonyl (C=O) groups is 1. The van der Waals surface area contributed by atoms with Gasteiger partial charge in [0.05, 0.1) is 11.7 Å². The summed E-state index contributed by atoms with van der Waals surface area (Å²) in [5.41, 5.74) is 0.516. The average Bonchev–Trinajstić information content (AvgIpc) is 2.87. The molecule has 106 valence electrons. The van der Waals surface area contributed by atoms with E-state index in [-0.39, 0.29) is 5.91 Å². The molecule has 0 aromatic carbocycles. The molecule has 1 saturated heterocycles. The first-order valence-electron chi connectivity index (χ1n) is 6.85. The van der Waals surface area contributed by atoms with E-state index in [1.54, 1.807) is 6.20 Å². The molecular weight excluding hydrogens is 242 g/mol. The van der Waals surface area contributed by atoms with Gasteiger partial charge in [0.1, 0.15) is 5.82 Å². The minimum atomic E-state index is -0.516. The third-order valence-corrected chi connectivity index (χ3v) is 3.80. The van der Waals surface area contributed by atoms with Gasteiger partial charge in [-0.15, -0.1) is 0 Å². The number of nitrogens with one attached hydrogen (secondary N) is 3. The second-order valence-electron chi connectivity index (χ2n) is 5.37. The topological polar surface area (TPSA) is 73.0 Å². The van der Waals surface area contributed by atoms with E-state index < -0.39 is 5.54 Å². The van der Waals surface area contributed by atoms with Crippen molar-refractivity contribution in [2.75, 3.05) is 31.5 Å². The molecule has 1 fully saturated rings. The van der Waals surface area contributed by atoms with Gasteiger partial charge in [-0.25, -0.2) is 0 Å². The number of aromatic nitrogens is 2. The van der Waals surface area contributed by atoms with Crippen LogP contribution in [0.1, 0.15) is 26.3 Å². The highest BCUT2D eigenvalue weighted by Gasteiger charge is 2.35. The summed E-state index contributed by atoms with van der Waals surface area (Å²) >= 11 is 0. The summed E-state index contributed by atoms with van der Waals surface area (Å²) in [6, 6.07) is 0. The fourth-order valence-corrected chi connectivity index (χ4v) is 2.32. The summed E-state index contributed by atoms with van der Waals surface area (Å²) in [4.78, 5) is 14.7. The molecule has 19 heavy (non-hydrogen) atoms. The lowest BCUT2D eigenvalue weighted by Crippen LogP contribution is -2.58. The van der Waals surface area contributed by atoms with Gasteiger partial charge in [0.25, 0.3) is 0 Å². The largest absolute Gasteiger partial charge is 0.314 e. The van der Waals surface area contributed by atoms with Crippen LogP contribution in [0.2, 0.25) is 0 Å². The molecule has 0 atom stereocenters. The van der Waals surface area contributed by atoms with Crippen molar-refractivity contribution in [2.24, 2.45) is 0 Å². The van der Waals surface area contributed by atoms with Crippen LogP contribution in [0.15, 0.2) is 6.20 Å². The van der Waals surface area contributed by atoms with Crippen molar-refractivity contribution in [1.82, 2.24) is 20.4 Å². The molecule has 1 aliphatic heterocycles. The maximum absolute atomic E-state index is 12.5. The number of aromatic amines is 1. The van der Waals surface area contributed by atoms with Gasteiger partial charge in [0, 0.05) is 31.7 Å². The van der Waals surface area contributed by atoms with Crippen molar-refractivity contribution in [1.29, 1.82) is 0 Å². The molecule has 1 amide bonds. The van der Waals surface area contributed by atoms with E-state index in [1.807, 2.05) is 20.8 Å². The second kappa shape index (κ2) is 5.71. The Balaban J connectivity index is 2.05. The molecule has 3 N–H and O–H groups in total. The highest BCUT2D eigenvalue weighted by molar-refractivity contribution is 5.97. The van der Waals surface area contributed by atoms with Crippen molar-refractivity contribution in [3.05, 3.63) is 11.8 Å². The van der Waals surface area contributed by atoms with Crippen LogP contribution in [0.3, 0.4) is 0 Å². The standard InChI is InChI=1S/C13H23N5O/c1-4-10-9-15-17-11(10)16-12(19)13(2,3)18-7-5-14-6-8-18/h9,14H,4-8H2,1-3H3,(H2,15,16,17,19). The Kier molecular flexibility index (Phi) is 4.21. The van der Waals surface area contributed by atoms with Gasteiger partial charge in [-0.2, -0.15) is 5.10 Å². The summed E-state index contributed by atoms with van der Waals surface area (Å²) in [5.74, 6) is 0.726. The first kappa shape index (κ1) is 14.0. The monoisotopic (exact) mass is 265 g/mol. The van der Waals surface area contributed by atoms with E-state index in [9.17, 15) is 4.79 Å². The summed E-state index contributed by atoms with van der Waals surface area (Å²) in [6.45, 7) is 9.63. The summed E-state index contributed by atoms with van der Waals surface area (Å²) in [5, 5.41) is 13.1. The highest BCUT2D eigenvalue weighted by atomic mass is 16.2. The zero-order valence-electron chi connectivity index (χ0n) is 11.9. The van der Waals surface area contributed by atoms with E-state index in [2.05, 4.69) is 25.7 Å². The third-order valence-electron chi connectivity index (χ3n) is 3.80. The summed E-state index contributed by atoms with van der Waals surface area (Å²) < 4.78 is 0. The number of H-pyrrole nitrogens is 1. The average molecular weight is 265 g/mol. The van der Waals surface area contributed by atoms with Crippen LogP contribution < -0.4 is 10.6 Å². The van der Waals surface area contributed by atoms with Crippen molar-refractivity contribution < 1.29 is 4.79 Å². The number of aryl methyl sites for hydroxylation is 1. The zero-order valence-corrected chi connectivity index (χ0v) is 11.9. The molecule has 6 nitrogen and oxygen atoms in total. The molecule has 0 aliphatic carbocycles. The Labute approximate surface area is 113 Å². The molecule has 1 aliphatic rings. The lowest BCUT2D eigenvalue weighted by atomic mass is 10.0. The van der Waals surface area contributed by atoms with Crippen LogP contribution in [0.25, 0.3) is 0 Å². The smallest absolute Gasteiger partial charge is 0.245 e. The first-order valence-corrected chi connectivity index (χ1v) is 6.85. The number of amides is 1. The zero-order chi connectivity index (χ0) is 13.9. The number of rotatable bonds is 4. The number of hydrogen-bond donors (Lipinski definition) is 3. The fourth-order valence-electron chi connectivity index (χ4n) is 2.32. The quantitative estimate of drug-likeness (QED) is 0.745. The highest BCUT2D eigenvalue weighted by Crippen LogP contribution is 2.19. The molecule has 0 spiro atoms. The Morgan fingerprint density at radius 2 is 2.16 bits per heavy atom. The molecule has 2 rings (SSSR count). The summed E-state index contributed by atoms with van der Waals surface area (Å²) in [6.07, 6.45) is 2.60. The summed E-state index contributed by atoms with van der Waals surface area (Å²) in [7, 11) is 0. The Morgan fingerprint density at radius 1 is 1.47 bits per heavy atom. The predicted octanol–water partition coefficient (Wildman–Crippen LogP) is 0.594. The van der Waals surface area contributed by atoms with Crippen molar-refractivity contribution >= 4 is 11.7 Å². The van der Waals surface area contributed by atoms with Crippen molar-refractivity contribution in [3.8, 4) is 0 Å². The van der Waals surface area contributed by atoms with Gasteiger partial charge in [-0.1, -0.05) is 6.92 Å². The lowest BCUT2D eigenvalue weighted by molar-refractivity contribution is -0.126. The second-order valence-corrected chi connectivity index (χ2v) is 5.37. The van der Waals surface area contributed by atoms with E-state index in [0.717, 1.165) is 44.0 Å². The number of anilines is 1. The van der Waals surface area contributed by atoms with Crippen molar-refractivity contribution in [2.45, 2.75) is 32.7 Å². The van der Waals surface area contributed by atoms with Crippen LogP contribution in [-0.2, 0) is 11.2 Å². The van der Waals surface area contributed by atoms with Gasteiger partial charge >= 0.3 is 0 Å². The Hall–Kier alpha value is -1.40. The van der Waals surface area contributed by atoms with Crippen LogP contribution in [-0.4, -0.2) is 52.7 Å². The maximum Gasteiger partial charge on any atom is 0.245 e. The number of carbonyl (C=O) groups excluding carboxylic acids is 1. The molecule has 6 heteroatoms. The number of piperazine rings is 1. The van der Waals surface area contributed by atoms with Crippen LogP contribution in [0.5, 0.6) is 0 Å². The molecule has 1 aromatic rings. The van der Waals surface area contributed by atoms with E-state index in [4.69, 9.17) is 0 Å². The molecule has 1 aromatic heterocycles. The SMILES string of the molecule is CCc1cn[nH]c1NC(=O)C(C)(C)N1CCNCC1. The van der Waals surface area contributed by atoms with E-state index in [1.165, 1.54) is 0 Å². The molecule has 0 bridgehead atoms. The van der Waals surface area contributed by atoms with Gasteiger partial charge < -0.3 is 10.6 Å². The van der Waals surface area contributed by atoms with Crippen LogP contribution in [0.4, 0.5) is 5.82 Å². The van der Waals surface area contributed by atoms with Gasteiger partial charge in [0.15, 0.2) is 0 Å². The van der Waals surface area contributed by atoms with E-state index >= 15 is 0 Å². The molecule has 0 unspecified atom stereocenters. The number of nitrogens with zero attached hydrogens (tertiary/aromatic N) is 2. The molecule has 0 saturated carbocycles. The fraction of sp³-hybridized carbons (Fsp3) is 0.692. The normalized spacial score (nSPS) is 17.4. The first-order chi connectivity index (χ1) is 9.05. The maximum atomic E-state index is 12.5. The molecular formula is C13H23N5O. The van der Waals surface area contributed by atoms with Gasteiger partial charge in [-0.05, 0) is 20.3 Å². The predicted molar refractivity (Wildman–Crippen MR) is 75.1 cm³/mol. The molecule has 2 heterocycles. The van der Waals surface area contributed by atoms with Crippen molar-refractivity contribution in [3.63, 3.8) is 0 Å². The van der Waals surface area contributed by atoms with Crippen LogP contribution in [0, 0.1) is 0 Å². The molecule has 0 radical (unpaired) electrons. The lowest BCUT2D eigenvalue weighted by Gasteiger charge is -2.39.